The molecule has 7 nitrogen and oxygen atoms in total. The number of rotatable bonds is 4. The molecule has 0 amide bonds. The van der Waals surface area contributed by atoms with Crippen molar-refractivity contribution >= 4 is 29.1 Å². The summed E-state index contributed by atoms with van der Waals surface area (Å²) in [6.45, 7) is 2.53. The molecule has 1 aromatic heterocycles. The molecule has 20 heavy (non-hydrogen) atoms. The summed E-state index contributed by atoms with van der Waals surface area (Å²) in [5.41, 5.74) is -0.200. The molecule has 2 rings (SSSR count). The molecule has 1 aromatic rings. The Morgan fingerprint density at radius 1 is 1.70 bits per heavy atom. The highest BCUT2D eigenvalue weighted by molar-refractivity contribution is 6.30. The van der Waals surface area contributed by atoms with E-state index in [4.69, 9.17) is 16.3 Å². The Balaban J connectivity index is 2.35. The van der Waals surface area contributed by atoms with E-state index in [1.165, 1.54) is 12.3 Å². The molecule has 0 aliphatic carbocycles. The second-order valence-corrected chi connectivity index (χ2v) is 4.79. The summed E-state index contributed by atoms with van der Waals surface area (Å²) < 4.78 is 5.00. The molecule has 1 atom stereocenters. The molecule has 1 unspecified atom stereocenters. The topological polar surface area (TPSA) is 85.6 Å². The van der Waals surface area contributed by atoms with E-state index < -0.39 is 11.0 Å². The Hall–Kier alpha value is -1.89. The van der Waals surface area contributed by atoms with Gasteiger partial charge in [-0.3, -0.25) is 10.1 Å². The van der Waals surface area contributed by atoms with Gasteiger partial charge in [-0.1, -0.05) is 11.6 Å². The van der Waals surface area contributed by atoms with Gasteiger partial charge in [-0.25, -0.2) is 9.78 Å². The van der Waals surface area contributed by atoms with E-state index in [9.17, 15) is 14.9 Å². The van der Waals surface area contributed by atoms with Crippen LogP contribution >= 0.6 is 11.6 Å². The van der Waals surface area contributed by atoms with Crippen LogP contribution in [-0.2, 0) is 9.53 Å². The van der Waals surface area contributed by atoms with Crippen molar-refractivity contribution in [2.45, 2.75) is 25.8 Å². The molecule has 108 valence electrons. The quantitative estimate of drug-likeness (QED) is 0.481. The summed E-state index contributed by atoms with van der Waals surface area (Å²) >= 11 is 5.74. The van der Waals surface area contributed by atoms with Crippen LogP contribution in [0.1, 0.15) is 19.8 Å². The molecule has 8 heteroatoms. The third kappa shape index (κ3) is 2.82. The Morgan fingerprint density at radius 2 is 2.45 bits per heavy atom. The lowest BCUT2D eigenvalue weighted by molar-refractivity contribution is -0.384. The van der Waals surface area contributed by atoms with E-state index in [1.807, 2.05) is 0 Å². The van der Waals surface area contributed by atoms with Crippen LogP contribution in [0.5, 0.6) is 0 Å². The number of hydrogen-bond donors (Lipinski definition) is 0. The van der Waals surface area contributed by atoms with E-state index in [0.717, 1.165) is 6.42 Å². The SMILES string of the molecule is CCOC(=O)C1CCCN1c1ncc(Cl)cc1[N+](=O)[O-]. The van der Waals surface area contributed by atoms with Crippen molar-refractivity contribution in [1.29, 1.82) is 0 Å². The van der Waals surface area contributed by atoms with Gasteiger partial charge in [0.15, 0.2) is 0 Å². The first-order chi connectivity index (χ1) is 9.54. The van der Waals surface area contributed by atoms with Crippen molar-refractivity contribution in [2.24, 2.45) is 0 Å². The van der Waals surface area contributed by atoms with E-state index in [0.29, 0.717) is 13.0 Å². The first-order valence-electron chi connectivity index (χ1n) is 6.27. The third-order valence-electron chi connectivity index (χ3n) is 3.09. The summed E-state index contributed by atoms with van der Waals surface area (Å²) in [6.07, 6.45) is 2.69. The smallest absolute Gasteiger partial charge is 0.328 e. The molecule has 1 saturated heterocycles. The minimum Gasteiger partial charge on any atom is -0.464 e. The fourth-order valence-electron chi connectivity index (χ4n) is 2.28. The first kappa shape index (κ1) is 14.5. The van der Waals surface area contributed by atoms with Gasteiger partial charge < -0.3 is 9.64 Å². The molecule has 1 aliphatic rings. The Labute approximate surface area is 120 Å². The highest BCUT2D eigenvalue weighted by atomic mass is 35.5. The van der Waals surface area contributed by atoms with Gasteiger partial charge in [-0.05, 0) is 19.8 Å². The zero-order valence-electron chi connectivity index (χ0n) is 10.9. The molecular formula is C12H14ClN3O4. The number of esters is 1. The molecule has 0 aromatic carbocycles. The van der Waals surface area contributed by atoms with Gasteiger partial charge in [-0.15, -0.1) is 0 Å². The van der Waals surface area contributed by atoms with Crippen molar-refractivity contribution in [3.8, 4) is 0 Å². The number of pyridine rings is 1. The lowest BCUT2D eigenvalue weighted by Crippen LogP contribution is -2.38. The Bertz CT molecular complexity index is 537. The predicted molar refractivity (Wildman–Crippen MR) is 72.9 cm³/mol. The maximum atomic E-state index is 11.9. The second kappa shape index (κ2) is 6.04. The minimum absolute atomic E-state index is 0.162. The van der Waals surface area contributed by atoms with Crippen molar-refractivity contribution in [1.82, 2.24) is 4.98 Å². The van der Waals surface area contributed by atoms with Gasteiger partial charge in [0.25, 0.3) is 0 Å². The summed E-state index contributed by atoms with van der Waals surface area (Å²) in [6, 6.07) is 0.715. The number of halogens is 1. The maximum Gasteiger partial charge on any atom is 0.328 e. The van der Waals surface area contributed by atoms with Gasteiger partial charge in [0.2, 0.25) is 5.82 Å². The number of nitro groups is 1. The molecular weight excluding hydrogens is 286 g/mol. The lowest BCUT2D eigenvalue weighted by atomic mass is 10.2. The van der Waals surface area contributed by atoms with Crippen LogP contribution in [0.25, 0.3) is 0 Å². The van der Waals surface area contributed by atoms with Crippen LogP contribution < -0.4 is 4.90 Å². The molecule has 2 heterocycles. The number of carbonyl (C=O) groups excluding carboxylic acids is 1. The third-order valence-corrected chi connectivity index (χ3v) is 3.30. The molecule has 0 bridgehead atoms. The summed E-state index contributed by atoms with van der Waals surface area (Å²) in [7, 11) is 0. The number of nitrogens with zero attached hydrogens (tertiary/aromatic N) is 3. The number of aromatic nitrogens is 1. The average molecular weight is 300 g/mol. The highest BCUT2D eigenvalue weighted by Gasteiger charge is 2.36. The molecule has 0 N–H and O–H groups in total. The van der Waals surface area contributed by atoms with Gasteiger partial charge in [0.1, 0.15) is 6.04 Å². The van der Waals surface area contributed by atoms with E-state index >= 15 is 0 Å². The zero-order chi connectivity index (χ0) is 14.7. The van der Waals surface area contributed by atoms with Gasteiger partial charge >= 0.3 is 11.7 Å². The van der Waals surface area contributed by atoms with Gasteiger partial charge in [-0.2, -0.15) is 0 Å². The molecule has 0 saturated carbocycles. The molecule has 0 spiro atoms. The van der Waals surface area contributed by atoms with Crippen LogP contribution in [0.3, 0.4) is 0 Å². The number of carbonyl (C=O) groups is 1. The van der Waals surface area contributed by atoms with Gasteiger partial charge in [0, 0.05) is 18.8 Å². The van der Waals surface area contributed by atoms with E-state index in [1.54, 1.807) is 11.8 Å². The van der Waals surface area contributed by atoms with Crippen molar-refractivity contribution < 1.29 is 14.5 Å². The second-order valence-electron chi connectivity index (χ2n) is 4.36. The fourth-order valence-corrected chi connectivity index (χ4v) is 2.43. The standard InChI is InChI=1S/C12H14ClN3O4/c1-2-20-12(17)9-4-3-5-15(9)11-10(16(18)19)6-8(13)7-14-11/h6-7,9H,2-5H2,1H3. The van der Waals surface area contributed by atoms with Crippen LogP contribution in [-0.4, -0.2) is 35.1 Å². The zero-order valence-corrected chi connectivity index (χ0v) is 11.7. The highest BCUT2D eigenvalue weighted by Crippen LogP contribution is 2.33. The Kier molecular flexibility index (Phi) is 4.39. The largest absolute Gasteiger partial charge is 0.464 e. The van der Waals surface area contributed by atoms with Crippen LogP contribution in [0.2, 0.25) is 5.02 Å². The predicted octanol–water partition coefficient (Wildman–Crippen LogP) is 2.18. The van der Waals surface area contributed by atoms with Crippen LogP contribution in [0.4, 0.5) is 11.5 Å². The minimum atomic E-state index is -0.547. The molecule has 0 radical (unpaired) electrons. The first-order valence-corrected chi connectivity index (χ1v) is 6.65. The Morgan fingerprint density at radius 3 is 3.10 bits per heavy atom. The van der Waals surface area contributed by atoms with Crippen molar-refractivity contribution in [2.75, 3.05) is 18.1 Å². The van der Waals surface area contributed by atoms with Crippen molar-refractivity contribution in [3.63, 3.8) is 0 Å². The van der Waals surface area contributed by atoms with E-state index in [-0.39, 0.29) is 29.1 Å². The van der Waals surface area contributed by atoms with Crippen LogP contribution in [0, 0.1) is 10.1 Å². The summed E-state index contributed by atoms with van der Waals surface area (Å²) in [5, 5.41) is 11.3. The summed E-state index contributed by atoms with van der Waals surface area (Å²) in [5.74, 6) is -0.217. The number of hydrogen-bond acceptors (Lipinski definition) is 6. The normalized spacial score (nSPS) is 18.1. The monoisotopic (exact) mass is 299 g/mol. The lowest BCUT2D eigenvalue weighted by Gasteiger charge is -2.23. The van der Waals surface area contributed by atoms with E-state index in [2.05, 4.69) is 4.98 Å². The van der Waals surface area contributed by atoms with Gasteiger partial charge in [0.05, 0.1) is 16.6 Å². The summed E-state index contributed by atoms with van der Waals surface area (Å²) in [4.78, 5) is 28.1. The number of ether oxygens (including phenoxy) is 1. The number of anilines is 1. The van der Waals surface area contributed by atoms with Crippen molar-refractivity contribution in [3.05, 3.63) is 27.4 Å². The maximum absolute atomic E-state index is 11.9. The van der Waals surface area contributed by atoms with Crippen LogP contribution in [0.15, 0.2) is 12.3 Å². The fraction of sp³-hybridized carbons (Fsp3) is 0.500. The molecule has 1 aliphatic heterocycles. The average Bonchev–Trinajstić information content (AvgIpc) is 2.88. The molecule has 1 fully saturated rings.